The summed E-state index contributed by atoms with van der Waals surface area (Å²) in [6.07, 6.45) is 2.70. The third kappa shape index (κ3) is 4.69. The normalized spacial score (nSPS) is 12.8. The zero-order valence-electron chi connectivity index (χ0n) is 17.4. The first-order valence-corrected chi connectivity index (χ1v) is 12.4. The van der Waals surface area contributed by atoms with Crippen LogP contribution in [0.5, 0.6) is 0 Å². The molecule has 1 amide bonds. The molecule has 3 N–H and O–H groups in total. The topological polar surface area (TPSA) is 104 Å². The van der Waals surface area contributed by atoms with Crippen LogP contribution in [-0.4, -0.2) is 43.3 Å². The van der Waals surface area contributed by atoms with Gasteiger partial charge in [0, 0.05) is 5.56 Å². The van der Waals surface area contributed by atoms with Crippen molar-refractivity contribution in [1.29, 1.82) is 0 Å². The minimum atomic E-state index is -3.67. The van der Waals surface area contributed by atoms with Crippen LogP contribution in [0.25, 0.3) is 11.0 Å². The minimum absolute atomic E-state index is 0.111. The lowest BCUT2D eigenvalue weighted by Crippen LogP contribution is -2.30. The van der Waals surface area contributed by atoms with Crippen LogP contribution < -0.4 is 10.0 Å². The first-order valence-electron chi connectivity index (χ1n) is 9.56. The molecule has 0 radical (unpaired) electrons. The number of aryl methyl sites for hydroxylation is 1. The summed E-state index contributed by atoms with van der Waals surface area (Å²) in [5.74, 6) is 1.19. The number of benzene rings is 2. The molecule has 0 aliphatic carbocycles. The van der Waals surface area contributed by atoms with Gasteiger partial charge in [-0.15, -0.1) is 0 Å². The van der Waals surface area contributed by atoms with Crippen LogP contribution in [0.3, 0.4) is 0 Å². The summed E-state index contributed by atoms with van der Waals surface area (Å²) < 4.78 is 27.1. The molecule has 160 valence electrons. The number of thioether (sulfide) groups is 1. The number of rotatable bonds is 8. The molecular formula is C21H26N4O3S2. The van der Waals surface area contributed by atoms with E-state index in [4.69, 9.17) is 0 Å². The van der Waals surface area contributed by atoms with Gasteiger partial charge in [0.2, 0.25) is 10.0 Å². The average molecular weight is 447 g/mol. The number of hydrogen-bond donors (Lipinski definition) is 3. The molecule has 0 fully saturated rings. The van der Waals surface area contributed by atoms with E-state index in [1.54, 1.807) is 31.7 Å². The predicted molar refractivity (Wildman–Crippen MR) is 121 cm³/mol. The fraction of sp³-hybridized carbons (Fsp3) is 0.333. The SMILES string of the molecule is CNS(=O)(=O)c1cc(C(=O)N[C@H](CCSC)c2nc3ccccc3[nH]2)cc(C)c1C. The fourth-order valence-corrected chi connectivity index (χ4v) is 4.78. The van der Waals surface area contributed by atoms with E-state index in [-0.39, 0.29) is 16.8 Å². The molecule has 2 aromatic carbocycles. The molecule has 3 aromatic rings. The second-order valence-electron chi connectivity index (χ2n) is 7.07. The van der Waals surface area contributed by atoms with Crippen molar-refractivity contribution in [3.8, 4) is 0 Å². The third-order valence-electron chi connectivity index (χ3n) is 5.09. The van der Waals surface area contributed by atoms with E-state index >= 15 is 0 Å². The zero-order chi connectivity index (χ0) is 21.9. The van der Waals surface area contributed by atoms with Gasteiger partial charge in [-0.1, -0.05) is 12.1 Å². The highest BCUT2D eigenvalue weighted by Crippen LogP contribution is 2.23. The van der Waals surface area contributed by atoms with Crippen LogP contribution in [0.1, 0.15) is 39.8 Å². The molecule has 0 saturated heterocycles. The number of fused-ring (bicyclic) bond motifs is 1. The Hall–Kier alpha value is -2.36. The van der Waals surface area contributed by atoms with E-state index in [0.717, 1.165) is 22.3 Å². The molecule has 7 nitrogen and oxygen atoms in total. The summed E-state index contributed by atoms with van der Waals surface area (Å²) in [4.78, 5) is 21.1. The minimum Gasteiger partial charge on any atom is -0.342 e. The van der Waals surface area contributed by atoms with Crippen molar-refractivity contribution in [2.24, 2.45) is 0 Å². The highest BCUT2D eigenvalue weighted by Gasteiger charge is 2.22. The van der Waals surface area contributed by atoms with E-state index < -0.39 is 10.0 Å². The van der Waals surface area contributed by atoms with Gasteiger partial charge in [-0.05, 0) is 74.7 Å². The van der Waals surface area contributed by atoms with Crippen molar-refractivity contribution >= 4 is 38.7 Å². The summed E-state index contributed by atoms with van der Waals surface area (Å²) in [5, 5.41) is 3.03. The number of nitrogens with one attached hydrogen (secondary N) is 3. The molecule has 1 aromatic heterocycles. The standard InChI is InChI=1S/C21H26N4O3S2/c1-13-11-15(12-19(14(13)2)30(27,28)22-3)21(26)25-18(9-10-29-4)20-23-16-7-5-6-8-17(16)24-20/h5-8,11-12,18,22H,9-10H2,1-4H3,(H,23,24)(H,25,26)/t18-/m1/s1. The molecule has 0 saturated carbocycles. The Balaban J connectivity index is 1.94. The molecule has 0 aliphatic heterocycles. The van der Waals surface area contributed by atoms with E-state index in [1.807, 2.05) is 30.5 Å². The molecule has 0 bridgehead atoms. The van der Waals surface area contributed by atoms with Gasteiger partial charge in [0.25, 0.3) is 5.91 Å². The number of H-pyrrole nitrogens is 1. The molecule has 0 aliphatic rings. The number of nitrogens with zero attached hydrogens (tertiary/aromatic N) is 1. The first kappa shape index (κ1) is 22.3. The summed E-state index contributed by atoms with van der Waals surface area (Å²) in [6, 6.07) is 10.5. The molecule has 9 heteroatoms. The van der Waals surface area contributed by atoms with Gasteiger partial charge < -0.3 is 10.3 Å². The molecule has 30 heavy (non-hydrogen) atoms. The molecule has 0 spiro atoms. The molecular weight excluding hydrogens is 420 g/mol. The van der Waals surface area contributed by atoms with Crippen LogP contribution in [0.2, 0.25) is 0 Å². The Kier molecular flexibility index (Phi) is 6.84. The predicted octanol–water partition coefficient (Wildman–Crippen LogP) is 3.31. The van der Waals surface area contributed by atoms with Gasteiger partial charge in [0.1, 0.15) is 5.82 Å². The number of aromatic nitrogens is 2. The van der Waals surface area contributed by atoms with Gasteiger partial charge in [0.05, 0.1) is 22.0 Å². The largest absolute Gasteiger partial charge is 0.342 e. The van der Waals surface area contributed by atoms with Crippen molar-refractivity contribution in [2.75, 3.05) is 19.1 Å². The van der Waals surface area contributed by atoms with Gasteiger partial charge in [-0.25, -0.2) is 18.1 Å². The van der Waals surface area contributed by atoms with Crippen molar-refractivity contribution < 1.29 is 13.2 Å². The second-order valence-corrected chi connectivity index (χ2v) is 9.91. The Morgan fingerprint density at radius 3 is 2.63 bits per heavy atom. The Morgan fingerprint density at radius 2 is 1.97 bits per heavy atom. The maximum atomic E-state index is 13.1. The van der Waals surface area contributed by atoms with Crippen LogP contribution in [0.4, 0.5) is 0 Å². The van der Waals surface area contributed by atoms with E-state index in [2.05, 4.69) is 20.0 Å². The van der Waals surface area contributed by atoms with Gasteiger partial charge >= 0.3 is 0 Å². The smallest absolute Gasteiger partial charge is 0.251 e. The lowest BCUT2D eigenvalue weighted by molar-refractivity contribution is 0.0934. The Morgan fingerprint density at radius 1 is 1.23 bits per heavy atom. The summed E-state index contributed by atoms with van der Waals surface area (Å²) >= 11 is 1.69. The number of sulfonamides is 1. The van der Waals surface area contributed by atoms with Crippen molar-refractivity contribution in [2.45, 2.75) is 31.2 Å². The van der Waals surface area contributed by atoms with Gasteiger partial charge in [0.15, 0.2) is 0 Å². The average Bonchev–Trinajstić information content (AvgIpc) is 3.16. The number of carbonyl (C=O) groups excluding carboxylic acids is 1. The second kappa shape index (κ2) is 9.20. The zero-order valence-corrected chi connectivity index (χ0v) is 19.1. The third-order valence-corrected chi connectivity index (χ3v) is 7.28. The van der Waals surface area contributed by atoms with E-state index in [0.29, 0.717) is 23.4 Å². The monoisotopic (exact) mass is 446 g/mol. The van der Waals surface area contributed by atoms with Crippen molar-refractivity contribution in [3.63, 3.8) is 0 Å². The maximum absolute atomic E-state index is 13.1. The number of aromatic amines is 1. The molecule has 1 atom stereocenters. The first-order chi connectivity index (χ1) is 14.3. The van der Waals surface area contributed by atoms with Crippen molar-refractivity contribution in [1.82, 2.24) is 20.0 Å². The van der Waals surface area contributed by atoms with E-state index in [9.17, 15) is 13.2 Å². The lowest BCUT2D eigenvalue weighted by Gasteiger charge is -2.18. The summed E-state index contributed by atoms with van der Waals surface area (Å²) in [5.41, 5.74) is 3.41. The van der Waals surface area contributed by atoms with Crippen molar-refractivity contribution in [3.05, 3.63) is 58.9 Å². The van der Waals surface area contributed by atoms with Gasteiger partial charge in [-0.2, -0.15) is 11.8 Å². The van der Waals surface area contributed by atoms with Crippen LogP contribution in [0.15, 0.2) is 41.3 Å². The molecule has 3 rings (SSSR count). The lowest BCUT2D eigenvalue weighted by atomic mass is 10.1. The quantitative estimate of drug-likeness (QED) is 0.492. The highest BCUT2D eigenvalue weighted by molar-refractivity contribution is 7.98. The summed E-state index contributed by atoms with van der Waals surface area (Å²) in [6.45, 7) is 3.53. The number of hydrogen-bond acceptors (Lipinski definition) is 5. The number of para-hydroxylation sites is 2. The molecule has 0 unspecified atom stereocenters. The highest BCUT2D eigenvalue weighted by atomic mass is 32.2. The maximum Gasteiger partial charge on any atom is 0.251 e. The Bertz CT molecular complexity index is 1140. The number of imidazole rings is 1. The van der Waals surface area contributed by atoms with Gasteiger partial charge in [-0.3, -0.25) is 4.79 Å². The molecule has 1 heterocycles. The van der Waals surface area contributed by atoms with Crippen LogP contribution in [-0.2, 0) is 10.0 Å². The number of amides is 1. The fourth-order valence-electron chi connectivity index (χ4n) is 3.24. The van der Waals surface area contributed by atoms with Crippen LogP contribution >= 0.6 is 11.8 Å². The number of carbonyl (C=O) groups is 1. The van der Waals surface area contributed by atoms with Crippen LogP contribution in [0, 0.1) is 13.8 Å². The Labute approximate surface area is 181 Å². The summed E-state index contributed by atoms with van der Waals surface area (Å²) in [7, 11) is -2.31. The van der Waals surface area contributed by atoms with E-state index in [1.165, 1.54) is 13.1 Å².